The fourth-order valence-corrected chi connectivity index (χ4v) is 3.63. The Balaban J connectivity index is 2.08. The number of hydrogen-bond acceptors (Lipinski definition) is 4. The van der Waals surface area contributed by atoms with Crippen molar-refractivity contribution in [3.63, 3.8) is 0 Å². The van der Waals surface area contributed by atoms with Crippen molar-refractivity contribution in [2.24, 2.45) is 0 Å². The van der Waals surface area contributed by atoms with Gasteiger partial charge in [-0.25, -0.2) is 4.98 Å². The lowest BCUT2D eigenvalue weighted by Gasteiger charge is -2.17. The summed E-state index contributed by atoms with van der Waals surface area (Å²) >= 11 is 1.12. The summed E-state index contributed by atoms with van der Waals surface area (Å²) < 4.78 is 44.9. The fourth-order valence-electron chi connectivity index (χ4n) is 2.90. The number of thioether (sulfide) groups is 1. The third-order valence-corrected chi connectivity index (χ3v) is 4.99. The van der Waals surface area contributed by atoms with Gasteiger partial charge in [-0.2, -0.15) is 13.2 Å². The number of nitrogens with zero attached hydrogens (tertiary/aromatic N) is 2. The molecule has 0 radical (unpaired) electrons. The van der Waals surface area contributed by atoms with Gasteiger partial charge >= 0.3 is 6.18 Å². The minimum Gasteiger partial charge on any atom is -0.383 e. The number of rotatable bonds is 7. The van der Waals surface area contributed by atoms with Gasteiger partial charge in [0.25, 0.3) is 0 Å². The highest BCUT2D eigenvalue weighted by Crippen LogP contribution is 2.30. The minimum atomic E-state index is -4.41. The summed E-state index contributed by atoms with van der Waals surface area (Å²) in [7, 11) is 1.63. The molecule has 26 heavy (non-hydrogen) atoms. The van der Waals surface area contributed by atoms with E-state index in [0.717, 1.165) is 35.4 Å². The number of carbonyl (C=O) groups is 1. The molecule has 2 aromatic heterocycles. The molecule has 1 atom stereocenters. The van der Waals surface area contributed by atoms with E-state index in [9.17, 15) is 18.0 Å². The molecule has 0 aliphatic rings. The molecule has 2 aromatic rings. The number of ketones is 1. The average molecular weight is 386 g/mol. The van der Waals surface area contributed by atoms with Gasteiger partial charge in [-0.3, -0.25) is 4.79 Å². The van der Waals surface area contributed by atoms with E-state index in [-0.39, 0.29) is 17.6 Å². The molecule has 8 heteroatoms. The maximum Gasteiger partial charge on any atom is 0.417 e. The van der Waals surface area contributed by atoms with Crippen LogP contribution in [0.5, 0.6) is 0 Å². The molecule has 0 amide bonds. The maximum absolute atomic E-state index is 12.5. The Morgan fingerprint density at radius 1 is 1.35 bits per heavy atom. The number of ether oxygens (including phenoxy) is 1. The summed E-state index contributed by atoms with van der Waals surface area (Å²) in [5.74, 6) is 0.0297. The first-order valence-electron chi connectivity index (χ1n) is 8.01. The summed E-state index contributed by atoms with van der Waals surface area (Å²) in [6, 6.07) is 4.19. The number of pyridine rings is 1. The molecule has 0 saturated heterocycles. The van der Waals surface area contributed by atoms with Gasteiger partial charge in [0.1, 0.15) is 0 Å². The highest BCUT2D eigenvalue weighted by molar-refractivity contribution is 7.99. The molecule has 0 aliphatic heterocycles. The zero-order valence-electron chi connectivity index (χ0n) is 15.1. The smallest absolute Gasteiger partial charge is 0.383 e. The van der Waals surface area contributed by atoms with Crippen LogP contribution in [0.15, 0.2) is 29.4 Å². The van der Waals surface area contributed by atoms with Crippen molar-refractivity contribution < 1.29 is 22.7 Å². The first-order chi connectivity index (χ1) is 12.1. The van der Waals surface area contributed by atoms with E-state index in [1.165, 1.54) is 6.07 Å². The van der Waals surface area contributed by atoms with Gasteiger partial charge in [-0.05, 0) is 39.0 Å². The van der Waals surface area contributed by atoms with Gasteiger partial charge in [0, 0.05) is 30.3 Å². The van der Waals surface area contributed by atoms with Crippen molar-refractivity contribution in [3.05, 3.63) is 46.9 Å². The molecule has 142 valence electrons. The summed E-state index contributed by atoms with van der Waals surface area (Å²) in [4.78, 5) is 16.3. The molecule has 0 spiro atoms. The van der Waals surface area contributed by atoms with E-state index in [0.29, 0.717) is 17.2 Å². The standard InChI is InChI=1S/C18H21F3N2O2S/c1-11-7-15(13(3)23(11)12(2)9-25-4)16(24)10-26-17-6-5-14(8-22-17)18(19,20)21/h5-8,12H,9-10H2,1-4H3. The molecule has 0 N–H and O–H groups in total. The van der Waals surface area contributed by atoms with Gasteiger partial charge in [-0.1, -0.05) is 11.8 Å². The van der Waals surface area contributed by atoms with Crippen LogP contribution in [0.3, 0.4) is 0 Å². The Kier molecular flexibility index (Phi) is 6.52. The SMILES string of the molecule is COCC(C)n1c(C)cc(C(=O)CSc2ccc(C(F)(F)F)cn2)c1C. The van der Waals surface area contributed by atoms with Crippen molar-refractivity contribution in [3.8, 4) is 0 Å². The fraction of sp³-hybridized carbons (Fsp3) is 0.444. The summed E-state index contributed by atoms with van der Waals surface area (Å²) in [5.41, 5.74) is 1.64. The number of aromatic nitrogens is 2. The van der Waals surface area contributed by atoms with Gasteiger partial charge in [-0.15, -0.1) is 0 Å². The monoisotopic (exact) mass is 386 g/mol. The second-order valence-electron chi connectivity index (χ2n) is 6.05. The Morgan fingerprint density at radius 2 is 2.04 bits per heavy atom. The number of halogens is 3. The zero-order chi connectivity index (χ0) is 19.5. The summed E-state index contributed by atoms with van der Waals surface area (Å²) in [6.07, 6.45) is -3.63. The quantitative estimate of drug-likeness (QED) is 0.511. The van der Waals surface area contributed by atoms with Gasteiger partial charge in [0.2, 0.25) is 0 Å². The lowest BCUT2D eigenvalue weighted by Crippen LogP contribution is -2.14. The van der Waals surface area contributed by atoms with Gasteiger partial charge in [0.15, 0.2) is 5.78 Å². The molecule has 2 rings (SSSR count). The Hall–Kier alpha value is -1.80. The van der Waals surface area contributed by atoms with Crippen LogP contribution >= 0.6 is 11.8 Å². The number of carbonyl (C=O) groups excluding carboxylic acids is 1. The van der Waals surface area contributed by atoms with E-state index < -0.39 is 11.7 Å². The van der Waals surface area contributed by atoms with Crippen LogP contribution in [-0.4, -0.2) is 34.8 Å². The normalized spacial score (nSPS) is 13.0. The summed E-state index contributed by atoms with van der Waals surface area (Å²) in [5, 5.41) is 0.382. The molecule has 0 fully saturated rings. The van der Waals surface area contributed by atoms with Crippen LogP contribution < -0.4 is 0 Å². The van der Waals surface area contributed by atoms with Gasteiger partial charge < -0.3 is 9.30 Å². The van der Waals surface area contributed by atoms with Crippen molar-refractivity contribution in [1.82, 2.24) is 9.55 Å². The van der Waals surface area contributed by atoms with Crippen LogP contribution in [-0.2, 0) is 10.9 Å². The van der Waals surface area contributed by atoms with Crippen molar-refractivity contribution >= 4 is 17.5 Å². The average Bonchev–Trinajstić information content (AvgIpc) is 2.87. The van der Waals surface area contributed by atoms with Crippen LogP contribution in [0.2, 0.25) is 0 Å². The molecular formula is C18H21F3N2O2S. The molecule has 0 saturated carbocycles. The maximum atomic E-state index is 12.5. The topological polar surface area (TPSA) is 44.1 Å². The predicted molar refractivity (Wildman–Crippen MR) is 94.8 cm³/mol. The predicted octanol–water partition coefficient (Wildman–Crippen LogP) is 4.70. The third-order valence-electron chi connectivity index (χ3n) is 4.05. The van der Waals surface area contributed by atoms with E-state index in [4.69, 9.17) is 4.74 Å². The number of Topliss-reactive ketones (excluding diaryl/α,β-unsaturated/α-hetero) is 1. The molecule has 0 aromatic carbocycles. The van der Waals surface area contributed by atoms with E-state index >= 15 is 0 Å². The van der Waals surface area contributed by atoms with Crippen LogP contribution in [0, 0.1) is 13.8 Å². The molecular weight excluding hydrogens is 365 g/mol. The van der Waals surface area contributed by atoms with Gasteiger partial charge in [0.05, 0.1) is 29.0 Å². The highest BCUT2D eigenvalue weighted by Gasteiger charge is 2.30. The molecule has 4 nitrogen and oxygen atoms in total. The second-order valence-corrected chi connectivity index (χ2v) is 7.05. The van der Waals surface area contributed by atoms with Crippen molar-refractivity contribution in [2.45, 2.75) is 38.0 Å². The van der Waals surface area contributed by atoms with Crippen LogP contribution in [0.4, 0.5) is 13.2 Å². The third kappa shape index (κ3) is 4.67. The number of aryl methyl sites for hydroxylation is 1. The Bertz CT molecular complexity index is 770. The number of methoxy groups -OCH3 is 1. The van der Waals surface area contributed by atoms with Crippen LogP contribution in [0.25, 0.3) is 0 Å². The van der Waals surface area contributed by atoms with Crippen LogP contribution in [0.1, 0.15) is 40.3 Å². The first kappa shape index (κ1) is 20.5. The van der Waals surface area contributed by atoms with Crippen molar-refractivity contribution in [1.29, 1.82) is 0 Å². The summed E-state index contributed by atoms with van der Waals surface area (Å²) in [6.45, 7) is 6.36. The molecule has 0 bridgehead atoms. The Labute approximate surface area is 154 Å². The second kappa shape index (κ2) is 8.26. The molecule has 1 unspecified atom stereocenters. The number of hydrogen-bond donors (Lipinski definition) is 0. The lowest BCUT2D eigenvalue weighted by molar-refractivity contribution is -0.137. The largest absolute Gasteiger partial charge is 0.417 e. The minimum absolute atomic E-state index is 0.0827. The lowest BCUT2D eigenvalue weighted by atomic mass is 10.2. The van der Waals surface area contributed by atoms with E-state index in [1.807, 2.05) is 26.8 Å². The molecule has 2 heterocycles. The highest BCUT2D eigenvalue weighted by atomic mass is 32.2. The van der Waals surface area contributed by atoms with E-state index in [2.05, 4.69) is 9.55 Å². The number of alkyl halides is 3. The van der Waals surface area contributed by atoms with E-state index in [1.54, 1.807) is 7.11 Å². The zero-order valence-corrected chi connectivity index (χ0v) is 15.9. The molecule has 0 aliphatic carbocycles. The van der Waals surface area contributed by atoms with Crippen molar-refractivity contribution in [2.75, 3.05) is 19.5 Å². The Morgan fingerprint density at radius 3 is 2.58 bits per heavy atom. The first-order valence-corrected chi connectivity index (χ1v) is 9.00.